The lowest BCUT2D eigenvalue weighted by Gasteiger charge is -2.06. The number of rotatable bonds is 7. The molecule has 122 valence electrons. The summed E-state index contributed by atoms with van der Waals surface area (Å²) in [6.45, 7) is 3.95. The van der Waals surface area contributed by atoms with Gasteiger partial charge in [-0.15, -0.1) is 0 Å². The van der Waals surface area contributed by atoms with E-state index in [1.165, 1.54) is 0 Å². The van der Waals surface area contributed by atoms with Crippen LogP contribution in [-0.4, -0.2) is 35.3 Å². The van der Waals surface area contributed by atoms with Crippen molar-refractivity contribution in [1.29, 1.82) is 0 Å². The Morgan fingerprint density at radius 2 is 1.65 bits per heavy atom. The Balaban J connectivity index is 2.26. The van der Waals surface area contributed by atoms with E-state index in [0.29, 0.717) is 18.4 Å². The second kappa shape index (κ2) is 8.12. The lowest BCUT2D eigenvalue weighted by molar-refractivity contribution is 0.0513. The summed E-state index contributed by atoms with van der Waals surface area (Å²) in [5, 5.41) is 6.56. The van der Waals surface area contributed by atoms with E-state index in [9.17, 15) is 9.59 Å². The first-order valence-corrected chi connectivity index (χ1v) is 7.62. The number of carbonyl (C=O) groups is 2. The zero-order chi connectivity index (χ0) is 16.7. The third-order valence-electron chi connectivity index (χ3n) is 3.32. The van der Waals surface area contributed by atoms with Crippen LogP contribution in [0.3, 0.4) is 0 Å². The Kier molecular flexibility index (Phi) is 5.91. The summed E-state index contributed by atoms with van der Waals surface area (Å²) < 4.78 is 10.0. The predicted octanol–water partition coefficient (Wildman–Crippen LogP) is 2.55. The fourth-order valence-corrected chi connectivity index (χ4v) is 2.26. The average Bonchev–Trinajstić information content (AvgIpc) is 2.98. The van der Waals surface area contributed by atoms with Gasteiger partial charge in [0.15, 0.2) is 5.69 Å². The third-order valence-corrected chi connectivity index (χ3v) is 3.32. The number of carbonyl (C=O) groups excluding carboxylic acids is 2. The molecule has 1 aromatic carbocycles. The number of benzene rings is 1. The molecule has 0 spiro atoms. The van der Waals surface area contributed by atoms with E-state index < -0.39 is 11.9 Å². The molecule has 1 aromatic heterocycles. The maximum absolute atomic E-state index is 12.0. The van der Waals surface area contributed by atoms with Gasteiger partial charge in [0.2, 0.25) is 0 Å². The Hall–Kier alpha value is -2.63. The van der Waals surface area contributed by atoms with Crippen LogP contribution in [0.2, 0.25) is 0 Å². The van der Waals surface area contributed by atoms with Crippen LogP contribution in [0.15, 0.2) is 30.3 Å². The first kappa shape index (κ1) is 16.7. The first-order valence-electron chi connectivity index (χ1n) is 7.62. The Labute approximate surface area is 134 Å². The number of esters is 2. The van der Waals surface area contributed by atoms with Crippen LogP contribution >= 0.6 is 0 Å². The van der Waals surface area contributed by atoms with Crippen molar-refractivity contribution in [3.8, 4) is 0 Å². The van der Waals surface area contributed by atoms with E-state index in [1.54, 1.807) is 13.8 Å². The summed E-state index contributed by atoms with van der Waals surface area (Å²) in [5.74, 6) is -1.05. The van der Waals surface area contributed by atoms with Crippen molar-refractivity contribution in [2.24, 2.45) is 0 Å². The van der Waals surface area contributed by atoms with Crippen LogP contribution in [0.4, 0.5) is 0 Å². The van der Waals surface area contributed by atoms with Crippen molar-refractivity contribution in [2.45, 2.75) is 26.7 Å². The summed E-state index contributed by atoms with van der Waals surface area (Å²) in [7, 11) is 0. The van der Waals surface area contributed by atoms with E-state index in [1.807, 2.05) is 30.3 Å². The van der Waals surface area contributed by atoms with Crippen LogP contribution in [0.5, 0.6) is 0 Å². The minimum absolute atomic E-state index is 0.144. The van der Waals surface area contributed by atoms with Gasteiger partial charge in [-0.1, -0.05) is 30.3 Å². The van der Waals surface area contributed by atoms with Crippen LogP contribution in [0.1, 0.15) is 46.0 Å². The Morgan fingerprint density at radius 1 is 1.00 bits per heavy atom. The molecule has 6 nitrogen and oxygen atoms in total. The third kappa shape index (κ3) is 4.18. The number of H-pyrrole nitrogens is 1. The summed E-state index contributed by atoms with van der Waals surface area (Å²) in [6.07, 6.45) is 1.17. The minimum Gasteiger partial charge on any atom is -0.461 e. The molecule has 0 unspecified atom stereocenters. The van der Waals surface area contributed by atoms with Gasteiger partial charge < -0.3 is 9.47 Å². The largest absolute Gasteiger partial charge is 0.461 e. The normalized spacial score (nSPS) is 10.3. The summed E-state index contributed by atoms with van der Waals surface area (Å²) >= 11 is 0. The molecular formula is C17H20N2O4. The highest BCUT2D eigenvalue weighted by Gasteiger charge is 2.24. The number of aromatic nitrogens is 2. The van der Waals surface area contributed by atoms with Gasteiger partial charge in [-0.25, -0.2) is 9.59 Å². The fraction of sp³-hybridized carbons (Fsp3) is 0.353. The zero-order valence-electron chi connectivity index (χ0n) is 13.3. The molecule has 1 N–H and O–H groups in total. The second-order valence-corrected chi connectivity index (χ2v) is 4.85. The second-order valence-electron chi connectivity index (χ2n) is 4.85. The van der Waals surface area contributed by atoms with Crippen LogP contribution < -0.4 is 0 Å². The number of aryl methyl sites for hydroxylation is 1. The predicted molar refractivity (Wildman–Crippen MR) is 84.4 cm³/mol. The molecule has 0 bridgehead atoms. The summed E-state index contributed by atoms with van der Waals surface area (Å²) in [6, 6.07) is 9.82. The molecule has 0 saturated carbocycles. The highest BCUT2D eigenvalue weighted by Crippen LogP contribution is 2.17. The fourth-order valence-electron chi connectivity index (χ4n) is 2.26. The van der Waals surface area contributed by atoms with Gasteiger partial charge in [0, 0.05) is 5.56 Å². The van der Waals surface area contributed by atoms with E-state index in [0.717, 1.165) is 5.56 Å². The Morgan fingerprint density at radius 3 is 2.30 bits per heavy atom. The molecule has 0 radical (unpaired) electrons. The van der Waals surface area contributed by atoms with Gasteiger partial charge in [-0.05, 0) is 32.3 Å². The molecule has 0 aliphatic carbocycles. The lowest BCUT2D eigenvalue weighted by Crippen LogP contribution is -2.12. The molecule has 0 fully saturated rings. The SMILES string of the molecule is CCOC(=O)c1n[nH]c(C(=O)OCC)c1CCc1ccccc1. The van der Waals surface area contributed by atoms with Gasteiger partial charge in [-0.2, -0.15) is 5.10 Å². The van der Waals surface area contributed by atoms with Crippen molar-refractivity contribution in [2.75, 3.05) is 13.2 Å². The molecule has 1 heterocycles. The molecule has 0 aliphatic heterocycles. The molecule has 0 atom stereocenters. The van der Waals surface area contributed by atoms with Crippen molar-refractivity contribution in [3.63, 3.8) is 0 Å². The number of nitrogens with one attached hydrogen (secondary N) is 1. The van der Waals surface area contributed by atoms with Gasteiger partial charge in [0.25, 0.3) is 0 Å². The summed E-state index contributed by atoms with van der Waals surface area (Å²) in [5.41, 5.74) is 2.00. The number of ether oxygens (including phenoxy) is 2. The van der Waals surface area contributed by atoms with Crippen molar-refractivity contribution in [1.82, 2.24) is 10.2 Å². The molecule has 2 rings (SSSR count). The van der Waals surface area contributed by atoms with E-state index in [-0.39, 0.29) is 24.6 Å². The van der Waals surface area contributed by atoms with E-state index in [4.69, 9.17) is 9.47 Å². The molecule has 2 aromatic rings. The monoisotopic (exact) mass is 316 g/mol. The topological polar surface area (TPSA) is 81.3 Å². The molecule has 23 heavy (non-hydrogen) atoms. The van der Waals surface area contributed by atoms with Gasteiger partial charge >= 0.3 is 11.9 Å². The number of nitrogens with zero attached hydrogens (tertiary/aromatic N) is 1. The standard InChI is InChI=1S/C17H20N2O4/c1-3-22-16(20)14-13(11-10-12-8-6-5-7-9-12)15(19-18-14)17(21)23-4-2/h5-9H,3-4,10-11H2,1-2H3,(H,18,19). The average molecular weight is 316 g/mol. The molecule has 0 aliphatic rings. The van der Waals surface area contributed by atoms with Gasteiger partial charge in [-0.3, -0.25) is 5.10 Å². The minimum atomic E-state index is -0.539. The highest BCUT2D eigenvalue weighted by atomic mass is 16.5. The number of aromatic amines is 1. The van der Waals surface area contributed by atoms with E-state index >= 15 is 0 Å². The zero-order valence-corrected chi connectivity index (χ0v) is 13.3. The van der Waals surface area contributed by atoms with Gasteiger partial charge in [0.05, 0.1) is 13.2 Å². The quantitative estimate of drug-likeness (QED) is 0.794. The number of hydrogen-bond acceptors (Lipinski definition) is 5. The van der Waals surface area contributed by atoms with Crippen molar-refractivity contribution < 1.29 is 19.1 Å². The van der Waals surface area contributed by atoms with Gasteiger partial charge in [0.1, 0.15) is 5.69 Å². The van der Waals surface area contributed by atoms with E-state index in [2.05, 4.69) is 10.2 Å². The molecule has 0 saturated heterocycles. The highest BCUT2D eigenvalue weighted by molar-refractivity contribution is 5.95. The Bertz CT molecular complexity index is 629. The maximum atomic E-state index is 12.0. The maximum Gasteiger partial charge on any atom is 0.359 e. The van der Waals surface area contributed by atoms with Crippen molar-refractivity contribution >= 4 is 11.9 Å². The van der Waals surface area contributed by atoms with Crippen molar-refractivity contribution in [3.05, 3.63) is 52.8 Å². The van der Waals surface area contributed by atoms with Crippen LogP contribution in [0, 0.1) is 0 Å². The van der Waals surface area contributed by atoms with Crippen LogP contribution in [-0.2, 0) is 22.3 Å². The summed E-state index contributed by atoms with van der Waals surface area (Å²) in [4.78, 5) is 24.0. The first-order chi connectivity index (χ1) is 11.2. The molecular weight excluding hydrogens is 296 g/mol. The number of hydrogen-bond donors (Lipinski definition) is 1. The molecule has 0 amide bonds. The molecule has 6 heteroatoms. The van der Waals surface area contributed by atoms with Crippen LogP contribution in [0.25, 0.3) is 0 Å². The lowest BCUT2D eigenvalue weighted by atomic mass is 10.0. The smallest absolute Gasteiger partial charge is 0.359 e.